The monoisotopic (exact) mass is 584 g/mol. The molecule has 0 spiro atoms. The van der Waals surface area contributed by atoms with Crippen molar-refractivity contribution in [2.24, 2.45) is 0 Å². The second-order valence-electron chi connectivity index (χ2n) is 11.2. The third kappa shape index (κ3) is 5.30. The zero-order valence-electron chi connectivity index (χ0n) is 24.1. The van der Waals surface area contributed by atoms with Crippen LogP contribution in [-0.4, -0.2) is 68.9 Å². The molecule has 1 aliphatic rings. The molecule has 0 radical (unpaired) electrons. The second kappa shape index (κ2) is 10.4. The lowest BCUT2D eigenvalue weighted by molar-refractivity contribution is -0.146. The van der Waals surface area contributed by atoms with Crippen LogP contribution in [0.15, 0.2) is 41.2 Å². The Labute approximate surface area is 239 Å². The molecule has 1 amide bonds. The maximum atomic E-state index is 14.7. The lowest BCUT2D eigenvalue weighted by Crippen LogP contribution is -2.55. The lowest BCUT2D eigenvalue weighted by atomic mass is 10.0. The Morgan fingerprint density at radius 1 is 1.00 bits per heavy atom. The Bertz CT molecular complexity index is 1740. The van der Waals surface area contributed by atoms with E-state index in [0.29, 0.717) is 20.9 Å². The highest BCUT2D eigenvalue weighted by molar-refractivity contribution is 5.94. The minimum absolute atomic E-state index is 0.0111. The van der Waals surface area contributed by atoms with E-state index < -0.39 is 35.3 Å². The quantitative estimate of drug-likeness (QED) is 0.328. The fraction of sp³-hybridized carbons (Fsp3) is 0.414. The van der Waals surface area contributed by atoms with E-state index in [4.69, 9.17) is 9.47 Å². The SMILES string of the molecule is COc1nc(N2CCN(C(=O)OC(C)(C)C)C[C@@H]2C)c2nc(C(F)(F)F)n(-c3cccc4cccc(C)c34)c(=O)c2n1. The van der Waals surface area contributed by atoms with E-state index in [-0.39, 0.29) is 48.2 Å². The fourth-order valence-corrected chi connectivity index (χ4v) is 5.19. The molecule has 2 aromatic heterocycles. The largest absolute Gasteiger partial charge is 0.467 e. The molecule has 0 aliphatic carbocycles. The maximum Gasteiger partial charge on any atom is 0.450 e. The number of hydrogen-bond donors (Lipinski definition) is 0. The third-order valence-electron chi connectivity index (χ3n) is 7.00. The molecule has 5 rings (SSSR count). The van der Waals surface area contributed by atoms with Gasteiger partial charge in [-0.05, 0) is 51.6 Å². The van der Waals surface area contributed by atoms with Gasteiger partial charge in [-0.3, -0.25) is 9.36 Å². The first-order valence-corrected chi connectivity index (χ1v) is 13.4. The molecule has 1 aliphatic heterocycles. The molecule has 3 heterocycles. The van der Waals surface area contributed by atoms with Gasteiger partial charge < -0.3 is 19.3 Å². The van der Waals surface area contributed by atoms with Crippen LogP contribution >= 0.6 is 0 Å². The van der Waals surface area contributed by atoms with Gasteiger partial charge in [0.15, 0.2) is 11.3 Å². The number of hydrogen-bond acceptors (Lipinski definition) is 8. The number of fused-ring (bicyclic) bond motifs is 2. The number of carbonyl (C=O) groups is 1. The van der Waals surface area contributed by atoms with Crippen molar-refractivity contribution in [3.05, 3.63) is 58.1 Å². The van der Waals surface area contributed by atoms with E-state index in [0.717, 1.165) is 0 Å². The van der Waals surface area contributed by atoms with Crippen molar-refractivity contribution in [2.45, 2.75) is 52.4 Å². The standard InChI is InChI=1S/C29H31F3N6O4/c1-16-9-7-10-18-11-8-12-19(20(16)18)38-24(39)22-21(33-25(38)29(30,31)32)23(35-26(34-22)41-6)37-14-13-36(15-17(37)2)27(40)42-28(3,4)5/h7-12,17H,13-15H2,1-6H3/t17-/m0/s1. The van der Waals surface area contributed by atoms with E-state index in [1.807, 2.05) is 0 Å². The van der Waals surface area contributed by atoms with Gasteiger partial charge in [0.1, 0.15) is 11.1 Å². The normalized spacial score (nSPS) is 16.3. The molecule has 2 aromatic carbocycles. The van der Waals surface area contributed by atoms with Crippen LogP contribution in [0.2, 0.25) is 0 Å². The number of aromatic nitrogens is 4. The van der Waals surface area contributed by atoms with Gasteiger partial charge in [0, 0.05) is 31.1 Å². The maximum absolute atomic E-state index is 14.7. The topological polar surface area (TPSA) is 103 Å². The number of anilines is 1. The molecule has 0 N–H and O–H groups in total. The average Bonchev–Trinajstić information content (AvgIpc) is 2.91. The van der Waals surface area contributed by atoms with Crippen LogP contribution in [0, 0.1) is 6.92 Å². The van der Waals surface area contributed by atoms with Crippen molar-refractivity contribution in [2.75, 3.05) is 31.6 Å². The van der Waals surface area contributed by atoms with Crippen molar-refractivity contribution in [3.63, 3.8) is 0 Å². The van der Waals surface area contributed by atoms with Gasteiger partial charge in [-0.2, -0.15) is 23.1 Å². The van der Waals surface area contributed by atoms with Gasteiger partial charge in [-0.15, -0.1) is 0 Å². The van der Waals surface area contributed by atoms with Gasteiger partial charge in [-0.25, -0.2) is 9.78 Å². The first-order chi connectivity index (χ1) is 19.7. The van der Waals surface area contributed by atoms with Crippen molar-refractivity contribution in [3.8, 4) is 11.7 Å². The highest BCUT2D eigenvalue weighted by Gasteiger charge is 2.40. The molecule has 1 fully saturated rings. The average molecular weight is 585 g/mol. The van der Waals surface area contributed by atoms with Crippen LogP contribution in [-0.2, 0) is 10.9 Å². The van der Waals surface area contributed by atoms with Gasteiger partial charge in [0.2, 0.25) is 5.82 Å². The van der Waals surface area contributed by atoms with Crippen LogP contribution in [0.3, 0.4) is 0 Å². The Morgan fingerprint density at radius 3 is 2.31 bits per heavy atom. The summed E-state index contributed by atoms with van der Waals surface area (Å²) in [6.07, 6.45) is -5.49. The molecular weight excluding hydrogens is 553 g/mol. The van der Waals surface area contributed by atoms with Gasteiger partial charge in [-0.1, -0.05) is 30.3 Å². The summed E-state index contributed by atoms with van der Waals surface area (Å²) in [5.41, 5.74) is -1.59. The summed E-state index contributed by atoms with van der Waals surface area (Å²) in [7, 11) is 1.30. The number of piperazine rings is 1. The molecule has 0 bridgehead atoms. The number of methoxy groups -OCH3 is 1. The van der Waals surface area contributed by atoms with E-state index in [2.05, 4.69) is 15.0 Å². The van der Waals surface area contributed by atoms with Crippen LogP contribution < -0.4 is 15.2 Å². The van der Waals surface area contributed by atoms with Crippen molar-refractivity contribution in [1.82, 2.24) is 24.4 Å². The number of ether oxygens (including phenoxy) is 2. The number of benzene rings is 2. The molecule has 0 saturated carbocycles. The Balaban J connectivity index is 1.70. The van der Waals surface area contributed by atoms with E-state index in [9.17, 15) is 22.8 Å². The predicted molar refractivity (Wildman–Crippen MR) is 151 cm³/mol. The number of aryl methyl sites for hydroxylation is 1. The number of amides is 1. The van der Waals surface area contributed by atoms with Crippen LogP contribution in [0.25, 0.3) is 27.5 Å². The fourth-order valence-electron chi connectivity index (χ4n) is 5.19. The number of nitrogens with zero attached hydrogens (tertiary/aromatic N) is 6. The van der Waals surface area contributed by atoms with Gasteiger partial charge in [0.05, 0.1) is 12.8 Å². The molecule has 13 heteroatoms. The summed E-state index contributed by atoms with van der Waals surface area (Å²) in [5.74, 6) is -1.39. The second-order valence-corrected chi connectivity index (χ2v) is 11.2. The molecule has 10 nitrogen and oxygen atoms in total. The van der Waals surface area contributed by atoms with E-state index >= 15 is 0 Å². The molecule has 1 atom stereocenters. The van der Waals surface area contributed by atoms with E-state index in [1.54, 1.807) is 69.9 Å². The summed E-state index contributed by atoms with van der Waals surface area (Å²) < 4.78 is 55.3. The molecule has 222 valence electrons. The first-order valence-electron chi connectivity index (χ1n) is 13.4. The Hall–Kier alpha value is -4.42. The highest BCUT2D eigenvalue weighted by atomic mass is 19.4. The number of halogens is 3. The Morgan fingerprint density at radius 2 is 1.69 bits per heavy atom. The Kier molecular flexibility index (Phi) is 7.23. The summed E-state index contributed by atoms with van der Waals surface area (Å²) in [4.78, 5) is 42.4. The van der Waals surface area contributed by atoms with Crippen LogP contribution in [0.4, 0.5) is 23.8 Å². The molecule has 1 saturated heterocycles. The number of carbonyl (C=O) groups excluding carboxylic acids is 1. The zero-order chi connectivity index (χ0) is 30.6. The summed E-state index contributed by atoms with van der Waals surface area (Å²) >= 11 is 0. The smallest absolute Gasteiger partial charge is 0.450 e. The van der Waals surface area contributed by atoms with Crippen molar-refractivity contribution >= 4 is 33.7 Å². The van der Waals surface area contributed by atoms with Crippen LogP contribution in [0.5, 0.6) is 6.01 Å². The highest BCUT2D eigenvalue weighted by Crippen LogP contribution is 2.35. The van der Waals surface area contributed by atoms with Gasteiger partial charge >= 0.3 is 18.3 Å². The van der Waals surface area contributed by atoms with Crippen LogP contribution in [0.1, 0.15) is 39.1 Å². The number of rotatable bonds is 3. The molecular formula is C29H31F3N6O4. The third-order valence-corrected chi connectivity index (χ3v) is 7.00. The molecule has 0 unspecified atom stereocenters. The summed E-state index contributed by atoms with van der Waals surface area (Å²) in [6.45, 7) is 9.47. The lowest BCUT2D eigenvalue weighted by Gasteiger charge is -2.40. The predicted octanol–water partition coefficient (Wildman–Crippen LogP) is 5.11. The zero-order valence-corrected chi connectivity index (χ0v) is 24.1. The summed E-state index contributed by atoms with van der Waals surface area (Å²) in [5, 5.41) is 1.16. The minimum Gasteiger partial charge on any atom is -0.467 e. The molecule has 42 heavy (non-hydrogen) atoms. The minimum atomic E-state index is -4.99. The van der Waals surface area contributed by atoms with Crippen molar-refractivity contribution in [1.29, 1.82) is 0 Å². The first kappa shape index (κ1) is 29.1. The number of alkyl halides is 3. The molecule has 4 aromatic rings. The van der Waals surface area contributed by atoms with E-state index in [1.165, 1.54) is 18.1 Å². The van der Waals surface area contributed by atoms with Crippen molar-refractivity contribution < 1.29 is 27.4 Å². The van der Waals surface area contributed by atoms with Gasteiger partial charge in [0.25, 0.3) is 5.56 Å². The summed E-state index contributed by atoms with van der Waals surface area (Å²) in [6, 6.07) is 9.53.